The van der Waals surface area contributed by atoms with Crippen molar-refractivity contribution in [3.8, 4) is 0 Å². The minimum Gasteiger partial charge on any atom is -0.468 e. The lowest BCUT2D eigenvalue weighted by atomic mass is 10.2. The van der Waals surface area contributed by atoms with Crippen LogP contribution in [0.15, 0.2) is 47.5 Å². The molecule has 8 heteroatoms. The molecule has 7 nitrogen and oxygen atoms in total. The highest BCUT2D eigenvalue weighted by Gasteiger charge is 2.22. The third-order valence-electron chi connectivity index (χ3n) is 3.86. The number of carbonyl (C=O) groups excluding carboxylic acids is 3. The summed E-state index contributed by atoms with van der Waals surface area (Å²) in [5.74, 6) is -0.589. The van der Waals surface area contributed by atoms with Crippen LogP contribution in [-0.2, 0) is 14.3 Å². The molecule has 0 radical (unpaired) electrons. The number of rotatable bonds is 7. The number of pyridine rings is 1. The Morgan fingerprint density at radius 3 is 2.64 bits per heavy atom. The van der Waals surface area contributed by atoms with Gasteiger partial charge in [0.25, 0.3) is 5.91 Å². The molecule has 0 aliphatic heterocycles. The predicted octanol–water partition coefficient (Wildman–Crippen LogP) is 2.75. The van der Waals surface area contributed by atoms with Crippen LogP contribution in [0.25, 0.3) is 0 Å². The van der Waals surface area contributed by atoms with Gasteiger partial charge in [0.2, 0.25) is 5.91 Å². The Morgan fingerprint density at radius 2 is 1.96 bits per heavy atom. The Hall–Kier alpha value is -2.87. The second-order valence-corrected chi connectivity index (χ2v) is 7.59. The number of carbonyl (C=O) groups is 3. The number of thioether (sulfide) groups is 1. The van der Waals surface area contributed by atoms with Crippen LogP contribution in [0.1, 0.15) is 22.8 Å². The molecule has 1 N–H and O–H groups in total. The van der Waals surface area contributed by atoms with E-state index < -0.39 is 5.25 Å². The third kappa shape index (κ3) is 5.82. The van der Waals surface area contributed by atoms with E-state index in [1.165, 1.54) is 23.8 Å². The second-order valence-electron chi connectivity index (χ2n) is 6.21. The number of anilines is 1. The van der Waals surface area contributed by atoms with E-state index in [0.717, 1.165) is 5.56 Å². The maximum Gasteiger partial charge on any atom is 0.318 e. The Kier molecular flexibility index (Phi) is 7.57. The topological polar surface area (TPSA) is 88.6 Å². The summed E-state index contributed by atoms with van der Waals surface area (Å²) in [5.41, 5.74) is 1.40. The molecular formula is C20H23N3O4S. The molecule has 2 amide bonds. The highest BCUT2D eigenvalue weighted by Crippen LogP contribution is 2.28. The predicted molar refractivity (Wildman–Crippen MR) is 108 cm³/mol. The number of aryl methyl sites for hydroxylation is 1. The monoisotopic (exact) mass is 401 g/mol. The molecule has 0 saturated heterocycles. The highest BCUT2D eigenvalue weighted by molar-refractivity contribution is 8.00. The first-order chi connectivity index (χ1) is 13.3. The van der Waals surface area contributed by atoms with E-state index in [1.807, 2.05) is 13.0 Å². The molecule has 1 aromatic heterocycles. The lowest BCUT2D eigenvalue weighted by Crippen LogP contribution is -2.35. The summed E-state index contributed by atoms with van der Waals surface area (Å²) in [6.07, 6.45) is 1.61. The number of nitrogens with zero attached hydrogens (tertiary/aromatic N) is 2. The van der Waals surface area contributed by atoms with Gasteiger partial charge < -0.3 is 15.0 Å². The molecule has 0 fully saturated rings. The van der Waals surface area contributed by atoms with Gasteiger partial charge in [0.1, 0.15) is 11.1 Å². The molecular weight excluding hydrogens is 378 g/mol. The SMILES string of the molecule is COC(=O)C(C)Sc1ccccc1C(=O)N(C)CC(=O)Nc1cc(C)ccn1. The van der Waals surface area contributed by atoms with Gasteiger partial charge in [0.05, 0.1) is 19.2 Å². The molecule has 0 spiro atoms. The number of ether oxygens (including phenoxy) is 1. The number of likely N-dealkylation sites (N-methyl/N-ethyl adjacent to an activating group) is 1. The van der Waals surface area contributed by atoms with Crippen LogP contribution in [0.5, 0.6) is 0 Å². The van der Waals surface area contributed by atoms with Crippen LogP contribution in [-0.4, -0.2) is 53.6 Å². The van der Waals surface area contributed by atoms with Gasteiger partial charge in [-0.25, -0.2) is 4.98 Å². The first-order valence-electron chi connectivity index (χ1n) is 8.63. The summed E-state index contributed by atoms with van der Waals surface area (Å²) < 4.78 is 4.74. The van der Waals surface area contributed by atoms with Crippen molar-refractivity contribution in [1.29, 1.82) is 0 Å². The molecule has 1 heterocycles. The molecule has 2 aromatic rings. The highest BCUT2D eigenvalue weighted by atomic mass is 32.2. The zero-order chi connectivity index (χ0) is 20.7. The summed E-state index contributed by atoms with van der Waals surface area (Å²) in [5, 5.41) is 2.22. The smallest absolute Gasteiger partial charge is 0.318 e. The number of nitrogens with one attached hydrogen (secondary N) is 1. The fourth-order valence-electron chi connectivity index (χ4n) is 2.43. The molecule has 0 aliphatic carbocycles. The Morgan fingerprint density at radius 1 is 1.25 bits per heavy atom. The van der Waals surface area contributed by atoms with E-state index in [1.54, 1.807) is 50.5 Å². The van der Waals surface area contributed by atoms with Crippen LogP contribution in [0.2, 0.25) is 0 Å². The minimum atomic E-state index is -0.458. The zero-order valence-corrected chi connectivity index (χ0v) is 17.1. The maximum atomic E-state index is 12.8. The molecule has 0 bridgehead atoms. The standard InChI is InChI=1S/C20H23N3O4S/c1-13-9-10-21-17(11-13)22-18(24)12-23(3)19(25)15-7-5-6-8-16(15)28-14(2)20(26)27-4/h5-11,14H,12H2,1-4H3,(H,21,22,24). The lowest BCUT2D eigenvalue weighted by molar-refractivity contribution is -0.139. The number of hydrogen-bond acceptors (Lipinski definition) is 6. The van der Waals surface area contributed by atoms with E-state index in [-0.39, 0.29) is 24.3 Å². The molecule has 1 unspecified atom stereocenters. The van der Waals surface area contributed by atoms with E-state index in [0.29, 0.717) is 16.3 Å². The van der Waals surface area contributed by atoms with Gasteiger partial charge in [-0.3, -0.25) is 14.4 Å². The van der Waals surface area contributed by atoms with Gasteiger partial charge in [-0.15, -0.1) is 11.8 Å². The fraction of sp³-hybridized carbons (Fsp3) is 0.300. The van der Waals surface area contributed by atoms with Gasteiger partial charge in [-0.2, -0.15) is 0 Å². The minimum absolute atomic E-state index is 0.125. The number of methoxy groups -OCH3 is 1. The first kappa shape index (κ1) is 21.4. The van der Waals surface area contributed by atoms with Crippen molar-refractivity contribution in [3.05, 3.63) is 53.7 Å². The molecule has 2 rings (SSSR count). The van der Waals surface area contributed by atoms with E-state index in [4.69, 9.17) is 4.74 Å². The van der Waals surface area contributed by atoms with Crippen molar-refractivity contribution in [2.45, 2.75) is 24.0 Å². The second kappa shape index (κ2) is 9.89. The number of esters is 1. The first-order valence-corrected chi connectivity index (χ1v) is 9.51. The summed E-state index contributed by atoms with van der Waals surface area (Å²) in [6, 6.07) is 10.5. The van der Waals surface area contributed by atoms with Crippen molar-refractivity contribution in [3.63, 3.8) is 0 Å². The number of hydrogen-bond donors (Lipinski definition) is 1. The summed E-state index contributed by atoms with van der Waals surface area (Å²) in [4.78, 5) is 42.8. The van der Waals surface area contributed by atoms with Crippen molar-refractivity contribution >= 4 is 35.4 Å². The molecule has 1 atom stereocenters. The van der Waals surface area contributed by atoms with Crippen molar-refractivity contribution < 1.29 is 19.1 Å². The maximum absolute atomic E-state index is 12.8. The average Bonchev–Trinajstić information content (AvgIpc) is 2.67. The van der Waals surface area contributed by atoms with Crippen LogP contribution in [0.3, 0.4) is 0 Å². The van der Waals surface area contributed by atoms with Gasteiger partial charge in [-0.1, -0.05) is 12.1 Å². The Bertz CT molecular complexity index is 872. The third-order valence-corrected chi connectivity index (χ3v) is 5.02. The van der Waals surface area contributed by atoms with Crippen LogP contribution >= 0.6 is 11.8 Å². The number of aromatic nitrogens is 1. The number of amides is 2. The quantitative estimate of drug-likeness (QED) is 0.567. The van der Waals surface area contributed by atoms with Crippen molar-refractivity contribution in [2.24, 2.45) is 0 Å². The van der Waals surface area contributed by atoms with E-state index in [9.17, 15) is 14.4 Å². The average molecular weight is 401 g/mol. The van der Waals surface area contributed by atoms with Gasteiger partial charge in [-0.05, 0) is 43.7 Å². The van der Waals surface area contributed by atoms with Crippen LogP contribution in [0.4, 0.5) is 5.82 Å². The molecule has 1 aromatic carbocycles. The fourth-order valence-corrected chi connectivity index (χ4v) is 3.44. The van der Waals surface area contributed by atoms with E-state index in [2.05, 4.69) is 10.3 Å². The molecule has 148 valence electrons. The van der Waals surface area contributed by atoms with Gasteiger partial charge >= 0.3 is 5.97 Å². The molecule has 0 saturated carbocycles. The molecule has 28 heavy (non-hydrogen) atoms. The molecule has 0 aliphatic rings. The van der Waals surface area contributed by atoms with E-state index >= 15 is 0 Å². The van der Waals surface area contributed by atoms with Crippen molar-refractivity contribution in [2.75, 3.05) is 26.0 Å². The largest absolute Gasteiger partial charge is 0.468 e. The number of benzene rings is 1. The summed E-state index contributed by atoms with van der Waals surface area (Å²) in [6.45, 7) is 3.49. The summed E-state index contributed by atoms with van der Waals surface area (Å²) >= 11 is 1.24. The van der Waals surface area contributed by atoms with Crippen molar-refractivity contribution in [1.82, 2.24) is 9.88 Å². The van der Waals surface area contributed by atoms with Gasteiger partial charge in [0, 0.05) is 18.1 Å². The lowest BCUT2D eigenvalue weighted by Gasteiger charge is -2.19. The zero-order valence-electron chi connectivity index (χ0n) is 16.3. The van der Waals surface area contributed by atoms with Crippen LogP contribution in [0, 0.1) is 6.92 Å². The van der Waals surface area contributed by atoms with Crippen LogP contribution < -0.4 is 5.32 Å². The normalized spacial score (nSPS) is 11.4. The Balaban J connectivity index is 2.06. The van der Waals surface area contributed by atoms with Gasteiger partial charge in [0.15, 0.2) is 0 Å². The Labute approximate surface area is 168 Å². The summed E-state index contributed by atoms with van der Waals surface area (Å²) in [7, 11) is 2.88.